The van der Waals surface area contributed by atoms with Gasteiger partial charge < -0.3 is 11.1 Å². The summed E-state index contributed by atoms with van der Waals surface area (Å²) in [6.45, 7) is 3.92. The van der Waals surface area contributed by atoms with E-state index in [-0.39, 0.29) is 0 Å². The van der Waals surface area contributed by atoms with Crippen LogP contribution in [0, 0.1) is 5.92 Å². The minimum Gasteiger partial charge on any atom is -0.384 e. The number of benzene rings is 1. The molecule has 3 nitrogen and oxygen atoms in total. The molecule has 0 saturated carbocycles. The van der Waals surface area contributed by atoms with Crippen molar-refractivity contribution in [1.29, 1.82) is 0 Å². The van der Waals surface area contributed by atoms with Crippen LogP contribution in [0.25, 0.3) is 10.9 Å². The van der Waals surface area contributed by atoms with Crippen molar-refractivity contribution >= 4 is 28.2 Å². The normalized spacial score (nSPS) is 12.6. The molecule has 1 aromatic carbocycles. The van der Waals surface area contributed by atoms with Gasteiger partial charge in [0, 0.05) is 28.8 Å². The van der Waals surface area contributed by atoms with Crippen LogP contribution in [-0.2, 0) is 0 Å². The molecule has 0 bridgehead atoms. The molecule has 0 saturated heterocycles. The third-order valence-corrected chi connectivity index (χ3v) is 3.79. The van der Waals surface area contributed by atoms with E-state index in [4.69, 9.17) is 17.3 Å². The monoisotopic (exact) mass is 291 g/mol. The molecular weight excluding hydrogens is 270 g/mol. The van der Waals surface area contributed by atoms with Gasteiger partial charge in [0.2, 0.25) is 0 Å². The molecule has 0 aliphatic heterocycles. The van der Waals surface area contributed by atoms with Gasteiger partial charge in [0.25, 0.3) is 0 Å². The third-order valence-electron chi connectivity index (χ3n) is 3.56. The molecule has 0 radical (unpaired) electrons. The maximum absolute atomic E-state index is 6.01. The molecule has 4 heteroatoms. The van der Waals surface area contributed by atoms with E-state index in [1.165, 1.54) is 12.8 Å². The fraction of sp³-hybridized carbons (Fsp3) is 0.438. The molecule has 0 fully saturated rings. The molecule has 1 heterocycles. The van der Waals surface area contributed by atoms with Crippen LogP contribution in [0.15, 0.2) is 30.5 Å². The van der Waals surface area contributed by atoms with Gasteiger partial charge >= 0.3 is 0 Å². The average molecular weight is 292 g/mol. The number of nitrogens with two attached hydrogens (primary N) is 1. The summed E-state index contributed by atoms with van der Waals surface area (Å²) in [5, 5.41) is 5.37. The highest BCUT2D eigenvalue weighted by atomic mass is 35.5. The third kappa shape index (κ3) is 3.84. The average Bonchev–Trinajstić information content (AvgIpc) is 2.44. The first-order valence-corrected chi connectivity index (χ1v) is 7.60. The molecule has 20 heavy (non-hydrogen) atoms. The Kier molecular flexibility index (Phi) is 5.62. The van der Waals surface area contributed by atoms with Crippen molar-refractivity contribution in [1.82, 2.24) is 4.98 Å². The smallest absolute Gasteiger partial charge is 0.0737 e. The van der Waals surface area contributed by atoms with Crippen molar-refractivity contribution in [3.05, 3.63) is 35.5 Å². The Morgan fingerprint density at radius 1 is 1.30 bits per heavy atom. The Morgan fingerprint density at radius 3 is 2.90 bits per heavy atom. The van der Waals surface area contributed by atoms with Crippen LogP contribution in [0.3, 0.4) is 0 Å². The molecule has 0 aliphatic rings. The molecule has 108 valence electrons. The van der Waals surface area contributed by atoms with Gasteiger partial charge in [-0.2, -0.15) is 0 Å². The van der Waals surface area contributed by atoms with Gasteiger partial charge in [-0.3, -0.25) is 4.98 Å². The Morgan fingerprint density at radius 2 is 2.15 bits per heavy atom. The summed E-state index contributed by atoms with van der Waals surface area (Å²) in [5.41, 5.74) is 7.72. The minimum atomic E-state index is 0.625. The number of rotatable bonds is 7. The predicted molar refractivity (Wildman–Crippen MR) is 87.3 cm³/mol. The Hall–Kier alpha value is -1.32. The number of fused-ring (bicyclic) bond motifs is 1. The molecule has 2 rings (SSSR count). The second kappa shape index (κ2) is 7.46. The van der Waals surface area contributed by atoms with E-state index in [2.05, 4.69) is 17.2 Å². The lowest BCUT2D eigenvalue weighted by Gasteiger charge is -2.17. The van der Waals surface area contributed by atoms with Gasteiger partial charge in [-0.15, -0.1) is 0 Å². The number of nitrogens with one attached hydrogen (secondary N) is 1. The van der Waals surface area contributed by atoms with E-state index in [1.807, 2.05) is 30.5 Å². The van der Waals surface area contributed by atoms with Gasteiger partial charge in [-0.1, -0.05) is 24.9 Å². The zero-order valence-corrected chi connectivity index (χ0v) is 12.7. The number of halogens is 1. The lowest BCUT2D eigenvalue weighted by Crippen LogP contribution is -2.18. The van der Waals surface area contributed by atoms with Crippen molar-refractivity contribution in [3.8, 4) is 0 Å². The van der Waals surface area contributed by atoms with Crippen molar-refractivity contribution < 1.29 is 0 Å². The van der Waals surface area contributed by atoms with E-state index in [9.17, 15) is 0 Å². The van der Waals surface area contributed by atoms with Crippen molar-refractivity contribution in [2.75, 3.05) is 18.4 Å². The summed E-state index contributed by atoms with van der Waals surface area (Å²) in [4.78, 5) is 4.36. The van der Waals surface area contributed by atoms with E-state index < -0.39 is 0 Å². The van der Waals surface area contributed by atoms with Gasteiger partial charge in [0.05, 0.1) is 5.52 Å². The summed E-state index contributed by atoms with van der Waals surface area (Å²) in [6, 6.07) is 7.83. The molecular formula is C16H22ClN3. The first kappa shape index (κ1) is 15.1. The number of pyridine rings is 1. The van der Waals surface area contributed by atoms with Crippen LogP contribution < -0.4 is 11.1 Å². The molecule has 0 amide bonds. The molecule has 1 unspecified atom stereocenters. The fourth-order valence-electron chi connectivity index (χ4n) is 2.52. The largest absolute Gasteiger partial charge is 0.384 e. The zero-order chi connectivity index (χ0) is 14.4. The van der Waals surface area contributed by atoms with Crippen LogP contribution in [0.2, 0.25) is 5.02 Å². The van der Waals surface area contributed by atoms with Crippen LogP contribution in [-0.4, -0.2) is 18.1 Å². The summed E-state index contributed by atoms with van der Waals surface area (Å²) in [5.74, 6) is 0.625. The van der Waals surface area contributed by atoms with Gasteiger partial charge in [0.15, 0.2) is 0 Å². The van der Waals surface area contributed by atoms with Gasteiger partial charge in [-0.25, -0.2) is 0 Å². The van der Waals surface area contributed by atoms with E-state index >= 15 is 0 Å². The molecule has 0 spiro atoms. The number of aromatic nitrogens is 1. The number of anilines is 1. The second-order valence-corrected chi connectivity index (χ2v) is 5.57. The first-order chi connectivity index (χ1) is 9.74. The fourth-order valence-corrected chi connectivity index (χ4v) is 2.69. The Bertz CT molecular complexity index is 550. The van der Waals surface area contributed by atoms with E-state index in [0.29, 0.717) is 10.9 Å². The summed E-state index contributed by atoms with van der Waals surface area (Å²) < 4.78 is 0. The number of hydrogen-bond acceptors (Lipinski definition) is 3. The highest BCUT2D eigenvalue weighted by Gasteiger charge is 2.08. The highest BCUT2D eigenvalue weighted by Crippen LogP contribution is 2.25. The first-order valence-electron chi connectivity index (χ1n) is 7.22. The highest BCUT2D eigenvalue weighted by molar-refractivity contribution is 6.31. The molecule has 3 N–H and O–H groups in total. The molecule has 1 atom stereocenters. The van der Waals surface area contributed by atoms with Crippen molar-refractivity contribution in [3.63, 3.8) is 0 Å². The van der Waals surface area contributed by atoms with Crippen molar-refractivity contribution in [2.45, 2.75) is 26.2 Å². The topological polar surface area (TPSA) is 50.9 Å². The Balaban J connectivity index is 2.12. The molecule has 2 aromatic rings. The predicted octanol–water partition coefficient (Wildman–Crippen LogP) is 4.07. The van der Waals surface area contributed by atoms with Crippen LogP contribution in [0.5, 0.6) is 0 Å². The van der Waals surface area contributed by atoms with Crippen molar-refractivity contribution in [2.24, 2.45) is 11.7 Å². The minimum absolute atomic E-state index is 0.625. The van der Waals surface area contributed by atoms with Gasteiger partial charge in [-0.05, 0) is 49.6 Å². The Labute approximate surface area is 125 Å². The second-order valence-electron chi connectivity index (χ2n) is 5.13. The number of hydrogen-bond donors (Lipinski definition) is 2. The number of nitrogens with zero attached hydrogens (tertiary/aromatic N) is 1. The summed E-state index contributed by atoms with van der Waals surface area (Å²) in [7, 11) is 0. The van der Waals surface area contributed by atoms with Crippen LogP contribution in [0.4, 0.5) is 5.69 Å². The molecule has 1 aromatic heterocycles. The lowest BCUT2D eigenvalue weighted by atomic mass is 9.99. The lowest BCUT2D eigenvalue weighted by molar-refractivity contribution is 0.473. The SMILES string of the molecule is CCCC(CCN)CNc1ccnc2cc(Cl)ccc12. The van der Waals surface area contributed by atoms with Crippen LogP contribution >= 0.6 is 11.6 Å². The van der Waals surface area contributed by atoms with E-state index in [1.54, 1.807) is 0 Å². The standard InChI is InChI=1S/C16H22ClN3/c1-2-3-12(6-8-18)11-20-15-7-9-19-16-10-13(17)4-5-14(15)16/h4-5,7,9-10,12H,2-3,6,8,11,18H2,1H3,(H,19,20). The zero-order valence-electron chi connectivity index (χ0n) is 11.9. The maximum Gasteiger partial charge on any atom is 0.0737 e. The van der Waals surface area contributed by atoms with E-state index in [0.717, 1.165) is 36.1 Å². The summed E-state index contributed by atoms with van der Waals surface area (Å²) in [6.07, 6.45) is 5.28. The quantitative estimate of drug-likeness (QED) is 0.808. The summed E-state index contributed by atoms with van der Waals surface area (Å²) >= 11 is 6.01. The maximum atomic E-state index is 6.01. The van der Waals surface area contributed by atoms with Gasteiger partial charge in [0.1, 0.15) is 0 Å². The van der Waals surface area contributed by atoms with Crippen LogP contribution in [0.1, 0.15) is 26.2 Å². The molecule has 0 aliphatic carbocycles.